The summed E-state index contributed by atoms with van der Waals surface area (Å²) in [4.78, 5) is 22.1. The maximum Gasteiger partial charge on any atom is 0.297 e. The Balaban J connectivity index is 2.28. The van der Waals surface area contributed by atoms with Crippen molar-refractivity contribution in [2.45, 2.75) is 6.43 Å². The van der Waals surface area contributed by atoms with Crippen molar-refractivity contribution < 1.29 is 18.0 Å². The zero-order chi connectivity index (χ0) is 16.3. The second-order valence-corrected chi connectivity index (χ2v) is 4.09. The van der Waals surface area contributed by atoms with Crippen LogP contribution in [0.5, 0.6) is 0 Å². The monoisotopic (exact) mass is 312 g/mol. The van der Waals surface area contributed by atoms with Gasteiger partial charge >= 0.3 is 0 Å². The van der Waals surface area contributed by atoms with Gasteiger partial charge in [0, 0.05) is 25.4 Å². The first kappa shape index (κ1) is 15.5. The largest absolute Gasteiger partial charge is 0.384 e. The van der Waals surface area contributed by atoms with Crippen LogP contribution < -0.4 is 16.4 Å². The van der Waals surface area contributed by atoms with Gasteiger partial charge < -0.3 is 16.4 Å². The fraction of sp³-hybridized carbons (Fsp3) is 0.167. The third-order valence-corrected chi connectivity index (χ3v) is 2.54. The number of carbonyl (C=O) groups is 1. The topological polar surface area (TPSA) is 106 Å². The van der Waals surface area contributed by atoms with Gasteiger partial charge in [0.1, 0.15) is 23.3 Å². The highest BCUT2D eigenvalue weighted by Gasteiger charge is 2.15. The standard InChI is InChI=1S/C12H11F3N6O/c1-17-12(22)5-4-18-8(2-6(5)13)20-9-3-7(16)19-11(21-9)10(14)15/h2-4,10H,1H3,(H,17,22)(H3,16,18,19,20,21). The van der Waals surface area contributed by atoms with E-state index in [0.29, 0.717) is 0 Å². The molecule has 0 saturated carbocycles. The van der Waals surface area contributed by atoms with Gasteiger partial charge in [0.05, 0.1) is 5.56 Å². The molecule has 0 bridgehead atoms. The van der Waals surface area contributed by atoms with E-state index in [4.69, 9.17) is 5.73 Å². The Morgan fingerprint density at radius 3 is 2.59 bits per heavy atom. The zero-order valence-electron chi connectivity index (χ0n) is 11.3. The van der Waals surface area contributed by atoms with E-state index < -0.39 is 24.0 Å². The molecule has 10 heteroatoms. The molecule has 2 aromatic heterocycles. The highest BCUT2D eigenvalue weighted by Crippen LogP contribution is 2.21. The zero-order valence-corrected chi connectivity index (χ0v) is 11.3. The number of alkyl halides is 2. The van der Waals surface area contributed by atoms with Crippen molar-refractivity contribution in [1.82, 2.24) is 20.3 Å². The Bertz CT molecular complexity index is 709. The summed E-state index contributed by atoms with van der Waals surface area (Å²) in [6, 6.07) is 2.13. The molecule has 0 aliphatic rings. The van der Waals surface area contributed by atoms with Crippen molar-refractivity contribution in [3.05, 3.63) is 35.5 Å². The predicted molar refractivity (Wildman–Crippen MR) is 72.3 cm³/mol. The fourth-order valence-electron chi connectivity index (χ4n) is 1.58. The number of halogens is 3. The van der Waals surface area contributed by atoms with Gasteiger partial charge in [-0.2, -0.15) is 0 Å². The maximum absolute atomic E-state index is 13.8. The van der Waals surface area contributed by atoms with Gasteiger partial charge in [-0.1, -0.05) is 0 Å². The van der Waals surface area contributed by atoms with Gasteiger partial charge in [-0.25, -0.2) is 28.1 Å². The molecule has 4 N–H and O–H groups in total. The average Bonchev–Trinajstić information content (AvgIpc) is 2.46. The lowest BCUT2D eigenvalue weighted by Gasteiger charge is -2.08. The Morgan fingerprint density at radius 1 is 1.27 bits per heavy atom. The summed E-state index contributed by atoms with van der Waals surface area (Å²) in [5.41, 5.74) is 5.14. The molecule has 0 fully saturated rings. The van der Waals surface area contributed by atoms with E-state index in [0.717, 1.165) is 12.3 Å². The van der Waals surface area contributed by atoms with Crippen LogP contribution in [0.3, 0.4) is 0 Å². The van der Waals surface area contributed by atoms with Crippen molar-refractivity contribution in [3.8, 4) is 0 Å². The van der Waals surface area contributed by atoms with E-state index in [2.05, 4.69) is 25.6 Å². The molecule has 0 aromatic carbocycles. The molecule has 0 unspecified atom stereocenters. The average molecular weight is 312 g/mol. The van der Waals surface area contributed by atoms with Crippen molar-refractivity contribution >= 4 is 23.4 Å². The summed E-state index contributed by atoms with van der Waals surface area (Å²) in [6.45, 7) is 0. The number of nitrogens with one attached hydrogen (secondary N) is 2. The number of nitrogens with two attached hydrogens (primary N) is 1. The molecule has 2 aromatic rings. The molecule has 22 heavy (non-hydrogen) atoms. The van der Waals surface area contributed by atoms with Crippen molar-refractivity contribution in [1.29, 1.82) is 0 Å². The van der Waals surface area contributed by atoms with Gasteiger partial charge in [0.15, 0.2) is 5.82 Å². The van der Waals surface area contributed by atoms with Crippen LogP contribution in [0, 0.1) is 5.82 Å². The molecule has 0 spiro atoms. The lowest BCUT2D eigenvalue weighted by molar-refractivity contribution is 0.0958. The van der Waals surface area contributed by atoms with Crippen molar-refractivity contribution in [2.24, 2.45) is 0 Å². The normalized spacial score (nSPS) is 10.6. The number of carbonyl (C=O) groups excluding carboxylic acids is 1. The van der Waals surface area contributed by atoms with E-state index in [1.54, 1.807) is 0 Å². The van der Waals surface area contributed by atoms with E-state index in [1.165, 1.54) is 13.1 Å². The van der Waals surface area contributed by atoms with Crippen molar-refractivity contribution in [3.63, 3.8) is 0 Å². The molecular weight excluding hydrogens is 301 g/mol. The predicted octanol–water partition coefficient (Wildman–Crippen LogP) is 1.63. The number of anilines is 3. The number of aromatic nitrogens is 3. The lowest BCUT2D eigenvalue weighted by Crippen LogP contribution is -2.19. The molecule has 2 heterocycles. The van der Waals surface area contributed by atoms with Crippen LogP contribution in [0.15, 0.2) is 18.3 Å². The number of nitrogens with zero attached hydrogens (tertiary/aromatic N) is 3. The number of nitrogen functional groups attached to an aromatic ring is 1. The van der Waals surface area contributed by atoms with Crippen LogP contribution in [0.1, 0.15) is 22.6 Å². The number of pyridine rings is 1. The fourth-order valence-corrected chi connectivity index (χ4v) is 1.58. The quantitative estimate of drug-likeness (QED) is 0.792. The van der Waals surface area contributed by atoms with Gasteiger partial charge in [-0.3, -0.25) is 4.79 Å². The first-order chi connectivity index (χ1) is 10.4. The Kier molecular flexibility index (Phi) is 4.39. The summed E-state index contributed by atoms with van der Waals surface area (Å²) >= 11 is 0. The van der Waals surface area contributed by atoms with Crippen LogP contribution >= 0.6 is 0 Å². The van der Waals surface area contributed by atoms with Crippen LogP contribution in [-0.2, 0) is 0 Å². The summed E-state index contributed by atoms with van der Waals surface area (Å²) < 4.78 is 38.9. The first-order valence-electron chi connectivity index (χ1n) is 5.98. The first-order valence-corrected chi connectivity index (χ1v) is 5.98. The SMILES string of the molecule is CNC(=O)c1cnc(Nc2cc(N)nc(C(F)F)n2)cc1F. The molecule has 0 saturated heterocycles. The highest BCUT2D eigenvalue weighted by atomic mass is 19.3. The Hall–Kier alpha value is -2.91. The molecule has 2 rings (SSSR count). The second-order valence-electron chi connectivity index (χ2n) is 4.09. The molecule has 0 radical (unpaired) electrons. The third kappa shape index (κ3) is 3.40. The Labute approximate surface area is 122 Å². The highest BCUT2D eigenvalue weighted by molar-refractivity contribution is 5.94. The molecule has 116 valence electrons. The van der Waals surface area contributed by atoms with E-state index in [-0.39, 0.29) is 23.0 Å². The molecule has 7 nitrogen and oxygen atoms in total. The number of amides is 1. The van der Waals surface area contributed by atoms with Crippen LogP contribution in [0.2, 0.25) is 0 Å². The van der Waals surface area contributed by atoms with Crippen molar-refractivity contribution in [2.75, 3.05) is 18.1 Å². The molecule has 0 aliphatic carbocycles. The molecule has 0 aliphatic heterocycles. The summed E-state index contributed by atoms with van der Waals surface area (Å²) in [5, 5.41) is 4.78. The summed E-state index contributed by atoms with van der Waals surface area (Å²) in [6.07, 6.45) is -1.89. The minimum atomic E-state index is -2.90. The minimum Gasteiger partial charge on any atom is -0.384 e. The maximum atomic E-state index is 13.8. The molecular formula is C12H11F3N6O. The number of hydrogen-bond acceptors (Lipinski definition) is 6. The smallest absolute Gasteiger partial charge is 0.297 e. The lowest BCUT2D eigenvalue weighted by atomic mass is 10.2. The van der Waals surface area contributed by atoms with E-state index in [9.17, 15) is 18.0 Å². The van der Waals surface area contributed by atoms with Gasteiger partial charge in [-0.05, 0) is 0 Å². The van der Waals surface area contributed by atoms with E-state index >= 15 is 0 Å². The van der Waals surface area contributed by atoms with Crippen LogP contribution in [-0.4, -0.2) is 27.9 Å². The van der Waals surface area contributed by atoms with Crippen LogP contribution in [0.25, 0.3) is 0 Å². The second kappa shape index (κ2) is 6.24. The van der Waals surface area contributed by atoms with Gasteiger partial charge in [-0.15, -0.1) is 0 Å². The molecule has 1 amide bonds. The van der Waals surface area contributed by atoms with Gasteiger partial charge in [0.25, 0.3) is 12.3 Å². The van der Waals surface area contributed by atoms with Crippen LogP contribution in [0.4, 0.5) is 30.6 Å². The minimum absolute atomic E-state index is 0.0246. The van der Waals surface area contributed by atoms with Gasteiger partial charge in [0.2, 0.25) is 0 Å². The number of rotatable bonds is 4. The summed E-state index contributed by atoms with van der Waals surface area (Å²) in [7, 11) is 1.35. The third-order valence-electron chi connectivity index (χ3n) is 2.54. The summed E-state index contributed by atoms with van der Waals surface area (Å²) in [5.74, 6) is -2.48. The molecule has 0 atom stereocenters. The number of hydrogen-bond donors (Lipinski definition) is 3. The Morgan fingerprint density at radius 2 is 2.00 bits per heavy atom. The van der Waals surface area contributed by atoms with E-state index in [1.807, 2.05) is 0 Å².